The third-order valence-electron chi connectivity index (χ3n) is 4.06. The second-order valence-electron chi connectivity index (χ2n) is 5.98. The number of nitrogens with one attached hydrogen (secondary N) is 2. The summed E-state index contributed by atoms with van der Waals surface area (Å²) in [7, 11) is 3.25. The molecule has 138 valence electrons. The van der Waals surface area contributed by atoms with E-state index >= 15 is 0 Å². The minimum Gasteiger partial charge on any atom is -0.497 e. The van der Waals surface area contributed by atoms with Gasteiger partial charge in [-0.25, -0.2) is 0 Å². The highest BCUT2D eigenvalue weighted by Crippen LogP contribution is 2.31. The van der Waals surface area contributed by atoms with Crippen molar-refractivity contribution in [2.45, 2.75) is 6.42 Å². The molecule has 5 nitrogen and oxygen atoms in total. The number of carbonyl (C=O) groups excluding carboxylic acids is 1. The predicted octanol–water partition coefficient (Wildman–Crippen LogP) is 4.63. The van der Waals surface area contributed by atoms with E-state index in [-0.39, 0.29) is 5.91 Å². The van der Waals surface area contributed by atoms with E-state index in [2.05, 4.69) is 10.6 Å². The highest BCUT2D eigenvalue weighted by Gasteiger charge is 2.07. The molecule has 3 rings (SSSR count). The number of carbonyl (C=O) groups is 1. The molecule has 3 aromatic rings. The summed E-state index contributed by atoms with van der Waals surface area (Å²) >= 11 is 0. The van der Waals surface area contributed by atoms with Crippen LogP contribution in [0, 0.1) is 0 Å². The van der Waals surface area contributed by atoms with Crippen LogP contribution in [0.2, 0.25) is 0 Å². The first-order valence-corrected chi connectivity index (χ1v) is 8.61. The Labute approximate surface area is 158 Å². The van der Waals surface area contributed by atoms with Crippen LogP contribution in [0.25, 0.3) is 0 Å². The van der Waals surface area contributed by atoms with E-state index in [1.807, 2.05) is 72.8 Å². The van der Waals surface area contributed by atoms with Crippen LogP contribution in [0.15, 0.2) is 72.8 Å². The Bertz CT molecular complexity index is 893. The van der Waals surface area contributed by atoms with Gasteiger partial charge in [-0.2, -0.15) is 0 Å². The van der Waals surface area contributed by atoms with Crippen LogP contribution >= 0.6 is 0 Å². The summed E-state index contributed by atoms with van der Waals surface area (Å²) in [6.45, 7) is 0. The zero-order chi connectivity index (χ0) is 19.1. The summed E-state index contributed by atoms with van der Waals surface area (Å²) in [6.07, 6.45) is 0.349. The van der Waals surface area contributed by atoms with Gasteiger partial charge < -0.3 is 20.1 Å². The Balaban J connectivity index is 1.64. The molecular weight excluding hydrogens is 340 g/mol. The van der Waals surface area contributed by atoms with Gasteiger partial charge in [0.1, 0.15) is 11.5 Å². The lowest BCUT2D eigenvalue weighted by Crippen LogP contribution is -2.14. The van der Waals surface area contributed by atoms with Gasteiger partial charge >= 0.3 is 0 Å². The highest BCUT2D eigenvalue weighted by molar-refractivity contribution is 5.92. The molecule has 0 aliphatic heterocycles. The van der Waals surface area contributed by atoms with E-state index in [1.165, 1.54) is 0 Å². The van der Waals surface area contributed by atoms with E-state index in [9.17, 15) is 4.79 Å². The van der Waals surface area contributed by atoms with Gasteiger partial charge in [0.2, 0.25) is 5.91 Å². The molecule has 0 unspecified atom stereocenters. The number of hydrogen-bond donors (Lipinski definition) is 2. The molecule has 0 aromatic heterocycles. The van der Waals surface area contributed by atoms with Gasteiger partial charge in [-0.15, -0.1) is 0 Å². The molecular formula is C22H22N2O3. The Hall–Kier alpha value is -3.47. The van der Waals surface area contributed by atoms with Crippen molar-refractivity contribution in [2.75, 3.05) is 24.9 Å². The zero-order valence-corrected chi connectivity index (χ0v) is 15.4. The zero-order valence-electron chi connectivity index (χ0n) is 15.4. The topological polar surface area (TPSA) is 59.6 Å². The number of amides is 1. The maximum atomic E-state index is 12.2. The van der Waals surface area contributed by atoms with Crippen molar-refractivity contribution >= 4 is 23.0 Å². The predicted molar refractivity (Wildman–Crippen MR) is 108 cm³/mol. The second-order valence-corrected chi connectivity index (χ2v) is 5.98. The minimum absolute atomic E-state index is 0.0450. The SMILES string of the molecule is COc1ccc(OC)c(Nc2ccc(NC(=O)Cc3ccccc3)cc2)c1. The first-order valence-electron chi connectivity index (χ1n) is 8.61. The summed E-state index contributed by atoms with van der Waals surface area (Å²) in [5.74, 6) is 1.41. The lowest BCUT2D eigenvalue weighted by Gasteiger charge is -2.13. The molecule has 2 N–H and O–H groups in total. The van der Waals surface area contributed by atoms with Gasteiger partial charge in [0.15, 0.2) is 0 Å². The second kappa shape index (κ2) is 8.76. The fourth-order valence-corrected chi connectivity index (χ4v) is 2.69. The summed E-state index contributed by atoms with van der Waals surface area (Å²) in [6, 6.07) is 22.7. The summed E-state index contributed by atoms with van der Waals surface area (Å²) < 4.78 is 10.6. The average molecular weight is 362 g/mol. The lowest BCUT2D eigenvalue weighted by atomic mass is 10.1. The molecule has 0 saturated carbocycles. The van der Waals surface area contributed by atoms with Crippen molar-refractivity contribution in [2.24, 2.45) is 0 Å². The van der Waals surface area contributed by atoms with Crippen molar-refractivity contribution < 1.29 is 14.3 Å². The van der Waals surface area contributed by atoms with Gasteiger partial charge in [-0.05, 0) is 42.0 Å². The summed E-state index contributed by atoms with van der Waals surface area (Å²) in [5.41, 5.74) is 3.41. The van der Waals surface area contributed by atoms with E-state index in [0.717, 1.165) is 34.1 Å². The molecule has 0 heterocycles. The molecule has 0 radical (unpaired) electrons. The number of methoxy groups -OCH3 is 2. The van der Waals surface area contributed by atoms with E-state index < -0.39 is 0 Å². The van der Waals surface area contributed by atoms with Crippen molar-refractivity contribution in [3.63, 3.8) is 0 Å². The summed E-state index contributed by atoms with van der Waals surface area (Å²) in [4.78, 5) is 12.2. The third-order valence-corrected chi connectivity index (χ3v) is 4.06. The Morgan fingerprint density at radius 3 is 2.22 bits per heavy atom. The molecule has 0 fully saturated rings. The maximum Gasteiger partial charge on any atom is 0.228 e. The molecule has 0 saturated heterocycles. The normalized spacial score (nSPS) is 10.1. The van der Waals surface area contributed by atoms with Gasteiger partial charge in [-0.1, -0.05) is 30.3 Å². The lowest BCUT2D eigenvalue weighted by molar-refractivity contribution is -0.115. The first-order chi connectivity index (χ1) is 13.2. The molecule has 0 atom stereocenters. The Kier molecular flexibility index (Phi) is 5.94. The number of hydrogen-bond acceptors (Lipinski definition) is 4. The minimum atomic E-state index is -0.0450. The molecule has 0 spiro atoms. The molecule has 0 bridgehead atoms. The van der Waals surface area contributed by atoms with Crippen LogP contribution in [-0.4, -0.2) is 20.1 Å². The van der Waals surface area contributed by atoms with Crippen molar-refractivity contribution in [1.82, 2.24) is 0 Å². The van der Waals surface area contributed by atoms with Crippen molar-refractivity contribution in [3.8, 4) is 11.5 Å². The van der Waals surface area contributed by atoms with Crippen LogP contribution in [0.4, 0.5) is 17.1 Å². The van der Waals surface area contributed by atoms with E-state index in [0.29, 0.717) is 6.42 Å². The van der Waals surface area contributed by atoms with Crippen LogP contribution < -0.4 is 20.1 Å². The quantitative estimate of drug-likeness (QED) is 0.643. The number of ether oxygens (including phenoxy) is 2. The molecule has 1 amide bonds. The number of anilines is 3. The van der Waals surface area contributed by atoms with Crippen LogP contribution in [-0.2, 0) is 11.2 Å². The Morgan fingerprint density at radius 1 is 0.852 bits per heavy atom. The smallest absolute Gasteiger partial charge is 0.228 e. The van der Waals surface area contributed by atoms with Gasteiger partial charge in [0, 0.05) is 17.4 Å². The fourth-order valence-electron chi connectivity index (χ4n) is 2.69. The van der Waals surface area contributed by atoms with E-state index in [1.54, 1.807) is 14.2 Å². The van der Waals surface area contributed by atoms with Crippen molar-refractivity contribution in [3.05, 3.63) is 78.4 Å². The van der Waals surface area contributed by atoms with Crippen molar-refractivity contribution in [1.29, 1.82) is 0 Å². The van der Waals surface area contributed by atoms with Crippen LogP contribution in [0.1, 0.15) is 5.56 Å². The third kappa shape index (κ3) is 5.01. The fraction of sp³-hybridized carbons (Fsp3) is 0.136. The Morgan fingerprint density at radius 2 is 1.56 bits per heavy atom. The molecule has 0 aliphatic rings. The first kappa shape index (κ1) is 18.3. The summed E-state index contributed by atoms with van der Waals surface area (Å²) in [5, 5.41) is 6.21. The monoisotopic (exact) mass is 362 g/mol. The molecule has 27 heavy (non-hydrogen) atoms. The average Bonchev–Trinajstić information content (AvgIpc) is 2.70. The largest absolute Gasteiger partial charge is 0.497 e. The maximum absolute atomic E-state index is 12.2. The number of rotatable bonds is 7. The molecule has 0 aliphatic carbocycles. The standard InChI is InChI=1S/C22H22N2O3/c1-26-19-12-13-21(27-2)20(15-19)23-17-8-10-18(11-9-17)24-22(25)14-16-6-4-3-5-7-16/h3-13,15,23H,14H2,1-2H3,(H,24,25). The number of benzene rings is 3. The van der Waals surface area contributed by atoms with Crippen LogP contribution in [0.3, 0.4) is 0 Å². The van der Waals surface area contributed by atoms with Gasteiger partial charge in [0.25, 0.3) is 0 Å². The molecule has 5 heteroatoms. The molecule has 3 aromatic carbocycles. The highest BCUT2D eigenvalue weighted by atomic mass is 16.5. The van der Waals surface area contributed by atoms with Crippen LogP contribution in [0.5, 0.6) is 11.5 Å². The van der Waals surface area contributed by atoms with Gasteiger partial charge in [-0.3, -0.25) is 4.79 Å². The van der Waals surface area contributed by atoms with E-state index in [4.69, 9.17) is 9.47 Å². The van der Waals surface area contributed by atoms with Gasteiger partial charge in [0.05, 0.1) is 26.3 Å².